The zero-order chi connectivity index (χ0) is 18.0. The summed E-state index contributed by atoms with van der Waals surface area (Å²) in [6, 6.07) is 7.28. The summed E-state index contributed by atoms with van der Waals surface area (Å²) in [6.07, 6.45) is 0. The van der Waals surface area contributed by atoms with Gasteiger partial charge < -0.3 is 15.5 Å². The average molecular weight is 347 g/mol. The van der Waals surface area contributed by atoms with E-state index in [9.17, 15) is 13.6 Å². The van der Waals surface area contributed by atoms with E-state index >= 15 is 0 Å². The fraction of sp³-hybridized carbons (Fsp3) is 0.176. The zero-order valence-corrected chi connectivity index (χ0v) is 13.0. The number of aromatic nitrogens is 2. The van der Waals surface area contributed by atoms with Gasteiger partial charge in [0.15, 0.2) is 5.82 Å². The first-order valence-electron chi connectivity index (χ1n) is 7.49. The van der Waals surface area contributed by atoms with Gasteiger partial charge in [-0.25, -0.2) is 8.78 Å². The number of benzene rings is 2. The second-order valence-electron chi connectivity index (χ2n) is 5.50. The summed E-state index contributed by atoms with van der Waals surface area (Å²) in [5, 5.41) is 27.3. The van der Waals surface area contributed by atoms with Crippen molar-refractivity contribution in [1.82, 2.24) is 15.5 Å². The van der Waals surface area contributed by atoms with Crippen LogP contribution in [0.3, 0.4) is 0 Å². The number of nitrogens with one attached hydrogen (secondary N) is 2. The molecule has 1 amide bonds. The normalized spacial score (nSPS) is 11.2. The zero-order valence-electron chi connectivity index (χ0n) is 13.0. The summed E-state index contributed by atoms with van der Waals surface area (Å²) >= 11 is 0. The van der Waals surface area contributed by atoms with Crippen LogP contribution in [-0.4, -0.2) is 45.6 Å². The van der Waals surface area contributed by atoms with E-state index in [1.807, 2.05) is 0 Å². The summed E-state index contributed by atoms with van der Waals surface area (Å²) < 4.78 is 27.7. The number of fused-ring (bicyclic) bond motifs is 1. The third kappa shape index (κ3) is 3.35. The lowest BCUT2D eigenvalue weighted by atomic mass is 10.0. The largest absolute Gasteiger partial charge is 0.394 e. The fourth-order valence-corrected chi connectivity index (χ4v) is 2.49. The van der Waals surface area contributed by atoms with Gasteiger partial charge in [-0.2, -0.15) is 5.10 Å². The van der Waals surface area contributed by atoms with Gasteiger partial charge in [0.25, 0.3) is 5.91 Å². The second-order valence-corrected chi connectivity index (χ2v) is 5.50. The first-order chi connectivity index (χ1) is 12.0. The molecule has 0 fully saturated rings. The Balaban J connectivity index is 2.05. The molecule has 0 atom stereocenters. The van der Waals surface area contributed by atoms with E-state index in [1.165, 1.54) is 24.3 Å². The van der Waals surface area contributed by atoms with Gasteiger partial charge in [-0.15, -0.1) is 0 Å². The maximum atomic E-state index is 14.3. The van der Waals surface area contributed by atoms with Crippen molar-refractivity contribution in [2.45, 2.75) is 6.04 Å². The van der Waals surface area contributed by atoms with E-state index in [0.717, 1.165) is 6.07 Å². The molecule has 3 rings (SSSR count). The highest BCUT2D eigenvalue weighted by Crippen LogP contribution is 2.29. The van der Waals surface area contributed by atoms with Gasteiger partial charge in [-0.1, -0.05) is 12.1 Å². The first kappa shape index (κ1) is 17.0. The molecule has 1 heterocycles. The van der Waals surface area contributed by atoms with Crippen molar-refractivity contribution >= 4 is 16.8 Å². The first-order valence-corrected chi connectivity index (χ1v) is 7.49. The number of amides is 1. The highest BCUT2D eigenvalue weighted by molar-refractivity contribution is 6.01. The smallest absolute Gasteiger partial charge is 0.251 e. The summed E-state index contributed by atoms with van der Waals surface area (Å²) in [4.78, 5) is 12.2. The highest BCUT2D eigenvalue weighted by Gasteiger charge is 2.18. The summed E-state index contributed by atoms with van der Waals surface area (Å²) in [5.74, 6) is -1.82. The number of hydrogen-bond donors (Lipinski definition) is 4. The molecule has 4 N–H and O–H groups in total. The molecule has 2 aromatic carbocycles. The Morgan fingerprint density at radius 1 is 1.20 bits per heavy atom. The van der Waals surface area contributed by atoms with Crippen LogP contribution < -0.4 is 5.32 Å². The van der Waals surface area contributed by atoms with Crippen LogP contribution in [0.25, 0.3) is 22.2 Å². The Hall–Kier alpha value is -2.84. The van der Waals surface area contributed by atoms with E-state index in [1.54, 1.807) is 6.07 Å². The average Bonchev–Trinajstić information content (AvgIpc) is 3.04. The number of aliphatic hydroxyl groups excluding tert-OH is 2. The molecule has 0 spiro atoms. The van der Waals surface area contributed by atoms with E-state index in [4.69, 9.17) is 10.2 Å². The molecular formula is C17H15F2N3O3. The molecule has 0 aliphatic carbocycles. The second kappa shape index (κ2) is 6.96. The molecule has 25 heavy (non-hydrogen) atoms. The van der Waals surface area contributed by atoms with Crippen molar-refractivity contribution in [3.63, 3.8) is 0 Å². The number of carbonyl (C=O) groups is 1. The lowest BCUT2D eigenvalue weighted by Crippen LogP contribution is -2.40. The Bertz CT molecular complexity index is 923. The topological polar surface area (TPSA) is 98.2 Å². The van der Waals surface area contributed by atoms with E-state index in [-0.39, 0.29) is 11.1 Å². The highest BCUT2D eigenvalue weighted by atomic mass is 19.1. The van der Waals surface area contributed by atoms with E-state index < -0.39 is 36.8 Å². The van der Waals surface area contributed by atoms with Crippen molar-refractivity contribution in [1.29, 1.82) is 0 Å². The van der Waals surface area contributed by atoms with Gasteiger partial charge in [0.2, 0.25) is 0 Å². The third-order valence-electron chi connectivity index (χ3n) is 3.76. The van der Waals surface area contributed by atoms with Crippen molar-refractivity contribution in [2.24, 2.45) is 0 Å². The predicted octanol–water partition coefficient (Wildman–Crippen LogP) is 1.59. The number of aromatic amines is 1. The van der Waals surface area contributed by atoms with Crippen LogP contribution in [0.15, 0.2) is 36.4 Å². The standard InChI is InChI=1S/C17H15F2N3O3/c18-11-3-1-2-9(4-11)15-13-5-10(6-14(19)16(13)22-21-15)17(25)20-12(7-23)8-24/h1-6,12,23-24H,7-8H2,(H,20,25)(H,21,22). The molecule has 0 unspecified atom stereocenters. The number of rotatable bonds is 5. The van der Waals surface area contributed by atoms with Crippen LogP contribution in [0.4, 0.5) is 8.78 Å². The molecule has 130 valence electrons. The predicted molar refractivity (Wildman–Crippen MR) is 86.9 cm³/mol. The van der Waals surface area contributed by atoms with Crippen LogP contribution in [0, 0.1) is 11.6 Å². The lowest BCUT2D eigenvalue weighted by Gasteiger charge is -2.13. The third-order valence-corrected chi connectivity index (χ3v) is 3.76. The molecule has 8 heteroatoms. The number of halogens is 2. The number of H-pyrrole nitrogens is 1. The van der Waals surface area contributed by atoms with Crippen LogP contribution in [0.2, 0.25) is 0 Å². The maximum Gasteiger partial charge on any atom is 0.251 e. The van der Waals surface area contributed by atoms with Crippen molar-refractivity contribution in [2.75, 3.05) is 13.2 Å². The van der Waals surface area contributed by atoms with Crippen LogP contribution in [0.1, 0.15) is 10.4 Å². The minimum atomic E-state index is -0.849. The quantitative estimate of drug-likeness (QED) is 0.563. The summed E-state index contributed by atoms with van der Waals surface area (Å²) in [5.41, 5.74) is 0.861. The van der Waals surface area contributed by atoms with Crippen LogP contribution >= 0.6 is 0 Å². The van der Waals surface area contributed by atoms with Gasteiger partial charge in [-0.3, -0.25) is 9.89 Å². The van der Waals surface area contributed by atoms with Gasteiger partial charge in [0.1, 0.15) is 11.3 Å². The molecule has 0 bridgehead atoms. The fourth-order valence-electron chi connectivity index (χ4n) is 2.49. The molecule has 6 nitrogen and oxygen atoms in total. The molecule has 0 saturated heterocycles. The molecule has 0 aliphatic rings. The Labute approximate surface area is 141 Å². The van der Waals surface area contributed by atoms with Gasteiger partial charge >= 0.3 is 0 Å². The van der Waals surface area contributed by atoms with E-state index in [0.29, 0.717) is 16.6 Å². The molecular weight excluding hydrogens is 332 g/mol. The number of aliphatic hydroxyl groups is 2. The molecule has 1 aromatic heterocycles. The lowest BCUT2D eigenvalue weighted by molar-refractivity contribution is 0.0879. The Morgan fingerprint density at radius 3 is 2.64 bits per heavy atom. The molecule has 0 aliphatic heterocycles. The number of carbonyl (C=O) groups excluding carboxylic acids is 1. The van der Waals surface area contributed by atoms with Crippen molar-refractivity contribution in [3.05, 3.63) is 53.6 Å². The minimum Gasteiger partial charge on any atom is -0.394 e. The maximum absolute atomic E-state index is 14.3. The van der Waals surface area contributed by atoms with E-state index in [2.05, 4.69) is 15.5 Å². The molecule has 3 aromatic rings. The number of nitrogens with zero attached hydrogens (tertiary/aromatic N) is 1. The van der Waals surface area contributed by atoms with Crippen LogP contribution in [-0.2, 0) is 0 Å². The SMILES string of the molecule is O=C(NC(CO)CO)c1cc(F)c2n[nH]c(-c3cccc(F)c3)c2c1. The molecule has 0 saturated carbocycles. The molecule has 0 radical (unpaired) electrons. The van der Waals surface area contributed by atoms with Crippen molar-refractivity contribution in [3.8, 4) is 11.3 Å². The van der Waals surface area contributed by atoms with Gasteiger partial charge in [0, 0.05) is 16.5 Å². The summed E-state index contributed by atoms with van der Waals surface area (Å²) in [7, 11) is 0. The van der Waals surface area contributed by atoms with Gasteiger partial charge in [-0.05, 0) is 24.3 Å². The summed E-state index contributed by atoms with van der Waals surface area (Å²) in [6.45, 7) is -0.902. The Kier molecular flexibility index (Phi) is 4.73. The monoisotopic (exact) mass is 347 g/mol. The number of hydrogen-bond acceptors (Lipinski definition) is 4. The van der Waals surface area contributed by atoms with Gasteiger partial charge in [0.05, 0.1) is 24.9 Å². The van der Waals surface area contributed by atoms with Crippen molar-refractivity contribution < 1.29 is 23.8 Å². The van der Waals surface area contributed by atoms with Crippen LogP contribution in [0.5, 0.6) is 0 Å². The Morgan fingerprint density at radius 2 is 1.96 bits per heavy atom. The minimum absolute atomic E-state index is 0.00375.